The average molecular weight is 461 g/mol. The summed E-state index contributed by atoms with van der Waals surface area (Å²) in [6.45, 7) is 5.24. The van der Waals surface area contributed by atoms with Crippen molar-refractivity contribution in [3.05, 3.63) is 23.8 Å². The summed E-state index contributed by atoms with van der Waals surface area (Å²) in [4.78, 5) is 24.4. The monoisotopic (exact) mass is 460 g/mol. The van der Waals surface area contributed by atoms with Crippen molar-refractivity contribution in [3.63, 3.8) is 0 Å². The summed E-state index contributed by atoms with van der Waals surface area (Å²) >= 11 is 0. The second-order valence-corrected chi connectivity index (χ2v) is 10.8. The molecule has 0 aromatic heterocycles. The predicted molar refractivity (Wildman–Crippen MR) is 119 cm³/mol. The van der Waals surface area contributed by atoms with Crippen molar-refractivity contribution in [3.8, 4) is 0 Å². The number of hydrogen-bond donors (Lipinski definition) is 3. The van der Waals surface area contributed by atoms with E-state index in [0.29, 0.717) is 38.0 Å². The second kappa shape index (κ2) is 7.30. The molecule has 3 N–H and O–H groups in total. The summed E-state index contributed by atoms with van der Waals surface area (Å²) in [6, 6.07) is 0. The van der Waals surface area contributed by atoms with Gasteiger partial charge in [-0.3, -0.25) is 9.59 Å². The lowest BCUT2D eigenvalue weighted by molar-refractivity contribution is -0.309. The van der Waals surface area contributed by atoms with Crippen molar-refractivity contribution in [1.82, 2.24) is 5.43 Å². The summed E-state index contributed by atoms with van der Waals surface area (Å²) in [7, 11) is 0. The van der Waals surface area contributed by atoms with E-state index in [4.69, 9.17) is 4.74 Å². The molecule has 1 aliphatic heterocycles. The third-order valence-corrected chi connectivity index (χ3v) is 9.66. The summed E-state index contributed by atoms with van der Waals surface area (Å²) < 4.78 is 23.2. The van der Waals surface area contributed by atoms with Crippen molar-refractivity contribution in [1.29, 1.82) is 0 Å². The highest BCUT2D eigenvalue weighted by atomic mass is 19.1. The van der Waals surface area contributed by atoms with Gasteiger partial charge in [0.2, 0.25) is 5.91 Å². The van der Waals surface area contributed by atoms with Gasteiger partial charge >= 0.3 is 0 Å². The number of amides is 1. The van der Waals surface area contributed by atoms with E-state index >= 15 is 4.39 Å². The average Bonchev–Trinajstić information content (AvgIpc) is 2.95. The molecule has 4 fully saturated rings. The molecule has 0 aromatic rings. The molecule has 8 heteroatoms. The summed E-state index contributed by atoms with van der Waals surface area (Å²) in [5, 5.41) is 25.2. The zero-order valence-corrected chi connectivity index (χ0v) is 19.4. The molecule has 180 valence electrons. The topological polar surface area (TPSA) is 108 Å². The molecule has 0 radical (unpaired) electrons. The van der Waals surface area contributed by atoms with Crippen molar-refractivity contribution >= 4 is 17.4 Å². The standard InChI is InChI=1S/C25H33FN2O5/c1-4-21(32)28-27-16-7-8-22(3)15(10-16)5-6-17-18-9-14(2)25(20(31)12-29)23(18,13-33-25)11-19(30)24(17,22)26/h7-8,10,14,17-19,29-30H,4-6,9,11-13H2,1-3H3,(H,28,32)/b27-16+/t14-,17+,18+,19+,22+,23-,24+,25+/m1/s1. The molecule has 5 rings (SSSR count). The maximum atomic E-state index is 17.3. The zero-order valence-electron chi connectivity index (χ0n) is 19.4. The van der Waals surface area contributed by atoms with Gasteiger partial charge in [-0.25, -0.2) is 9.82 Å². The number of hydrazone groups is 1. The molecule has 1 saturated heterocycles. The fraction of sp³-hybridized carbons (Fsp3) is 0.720. The Morgan fingerprint density at radius 3 is 2.76 bits per heavy atom. The lowest BCUT2D eigenvalue weighted by Gasteiger charge is -2.67. The summed E-state index contributed by atoms with van der Waals surface area (Å²) in [6.07, 6.45) is 6.37. The second-order valence-electron chi connectivity index (χ2n) is 10.8. The molecule has 0 bridgehead atoms. The van der Waals surface area contributed by atoms with Crippen LogP contribution in [0.2, 0.25) is 0 Å². The first kappa shape index (κ1) is 22.9. The molecule has 5 aliphatic rings. The van der Waals surface area contributed by atoms with E-state index in [0.717, 1.165) is 5.57 Å². The highest BCUT2D eigenvalue weighted by molar-refractivity contribution is 6.06. The van der Waals surface area contributed by atoms with E-state index in [1.54, 1.807) is 19.1 Å². The van der Waals surface area contributed by atoms with Crippen LogP contribution in [0, 0.1) is 28.6 Å². The number of halogens is 1. The number of allylic oxidation sites excluding steroid dienone is 4. The molecule has 1 spiro atoms. The summed E-state index contributed by atoms with van der Waals surface area (Å²) in [5.41, 5.74) is -0.731. The number of ether oxygens (including phenoxy) is 1. The Bertz CT molecular complexity index is 993. The van der Waals surface area contributed by atoms with E-state index < -0.39 is 40.7 Å². The van der Waals surface area contributed by atoms with E-state index in [9.17, 15) is 19.8 Å². The third-order valence-electron chi connectivity index (χ3n) is 9.66. The van der Waals surface area contributed by atoms with Gasteiger partial charge in [-0.2, -0.15) is 5.10 Å². The normalized spacial score (nSPS) is 48.7. The molecule has 33 heavy (non-hydrogen) atoms. The number of rotatable bonds is 4. The van der Waals surface area contributed by atoms with Gasteiger partial charge in [0.05, 0.1) is 18.4 Å². The van der Waals surface area contributed by atoms with E-state index in [1.807, 2.05) is 19.9 Å². The molecule has 8 atom stereocenters. The Balaban J connectivity index is 1.52. The Hall–Kier alpha value is -1.90. The number of Topliss-reactive ketones (excluding diaryl/α,β-unsaturated/α-hetero) is 1. The molecule has 7 nitrogen and oxygen atoms in total. The van der Waals surface area contributed by atoms with Crippen LogP contribution in [0.3, 0.4) is 0 Å². The largest absolute Gasteiger partial charge is 0.390 e. The van der Waals surface area contributed by atoms with Gasteiger partial charge in [0.15, 0.2) is 11.5 Å². The van der Waals surface area contributed by atoms with Gasteiger partial charge < -0.3 is 14.9 Å². The number of aliphatic hydroxyl groups is 2. The van der Waals surface area contributed by atoms with Crippen LogP contribution in [0.1, 0.15) is 52.9 Å². The smallest absolute Gasteiger partial charge is 0.239 e. The number of carbonyl (C=O) groups excluding carboxylic acids is 2. The van der Waals surface area contributed by atoms with Gasteiger partial charge in [-0.1, -0.05) is 25.5 Å². The Labute approximate surface area is 193 Å². The number of fused-ring (bicyclic) bond motifs is 4. The van der Waals surface area contributed by atoms with Crippen molar-refractivity contribution in [2.75, 3.05) is 13.2 Å². The molecule has 3 saturated carbocycles. The Morgan fingerprint density at radius 1 is 1.36 bits per heavy atom. The molecule has 0 aromatic carbocycles. The van der Waals surface area contributed by atoms with Gasteiger partial charge in [0.1, 0.15) is 12.2 Å². The quantitative estimate of drug-likeness (QED) is 0.558. The molecule has 1 heterocycles. The van der Waals surface area contributed by atoms with Crippen LogP contribution in [0.15, 0.2) is 28.9 Å². The van der Waals surface area contributed by atoms with Crippen LogP contribution in [-0.2, 0) is 14.3 Å². The molecular formula is C25H33FN2O5. The third kappa shape index (κ3) is 2.57. The number of ketones is 1. The van der Waals surface area contributed by atoms with Crippen LogP contribution in [-0.4, -0.2) is 58.2 Å². The highest BCUT2D eigenvalue weighted by Crippen LogP contribution is 2.74. The van der Waals surface area contributed by atoms with E-state index in [2.05, 4.69) is 10.5 Å². The maximum Gasteiger partial charge on any atom is 0.239 e. The van der Waals surface area contributed by atoms with Crippen LogP contribution in [0.4, 0.5) is 4.39 Å². The van der Waals surface area contributed by atoms with Crippen LogP contribution >= 0.6 is 0 Å². The fourth-order valence-electron chi connectivity index (χ4n) is 8.07. The van der Waals surface area contributed by atoms with Gasteiger partial charge in [0.25, 0.3) is 0 Å². The first-order valence-electron chi connectivity index (χ1n) is 12.0. The van der Waals surface area contributed by atoms with Crippen molar-refractivity contribution < 1.29 is 28.9 Å². The molecule has 4 aliphatic carbocycles. The van der Waals surface area contributed by atoms with Crippen LogP contribution in [0.5, 0.6) is 0 Å². The molecule has 1 amide bonds. The lowest BCUT2D eigenvalue weighted by atomic mass is 9.43. The lowest BCUT2D eigenvalue weighted by Crippen LogP contribution is -2.76. The minimum absolute atomic E-state index is 0.101. The zero-order chi connectivity index (χ0) is 23.8. The number of nitrogens with zero attached hydrogens (tertiary/aromatic N) is 1. The SMILES string of the molecule is CCC(=O)N/N=C1\C=C[C@@]2(C)C(=C1)CC[C@H]1[C@@H]3C[C@@H](C)[C@@]4(C(=O)CO)OC[C@]34C[C@H](O)[C@@]12F. The van der Waals surface area contributed by atoms with Crippen molar-refractivity contribution in [2.45, 2.75) is 70.2 Å². The van der Waals surface area contributed by atoms with E-state index in [-0.39, 0.29) is 29.9 Å². The molecular weight excluding hydrogens is 427 g/mol. The molecule has 0 unspecified atom stereocenters. The summed E-state index contributed by atoms with van der Waals surface area (Å²) in [5.74, 6) is -1.21. The van der Waals surface area contributed by atoms with Crippen molar-refractivity contribution in [2.24, 2.45) is 33.7 Å². The Morgan fingerprint density at radius 2 is 2.12 bits per heavy atom. The van der Waals surface area contributed by atoms with Gasteiger partial charge in [-0.05, 0) is 56.6 Å². The number of carbonyl (C=O) groups is 2. The highest BCUT2D eigenvalue weighted by Gasteiger charge is 2.81. The maximum absolute atomic E-state index is 17.3. The number of alkyl halides is 1. The first-order valence-corrected chi connectivity index (χ1v) is 12.0. The van der Waals surface area contributed by atoms with Crippen LogP contribution in [0.25, 0.3) is 0 Å². The predicted octanol–water partition coefficient (Wildman–Crippen LogP) is 2.23. The first-order chi connectivity index (χ1) is 15.6. The number of hydrogen-bond acceptors (Lipinski definition) is 6. The van der Waals surface area contributed by atoms with Gasteiger partial charge in [0, 0.05) is 23.2 Å². The Kier molecular flexibility index (Phi) is 5.06. The fourth-order valence-corrected chi connectivity index (χ4v) is 8.07. The van der Waals surface area contributed by atoms with Crippen LogP contribution < -0.4 is 5.43 Å². The van der Waals surface area contributed by atoms with E-state index in [1.165, 1.54) is 0 Å². The number of aliphatic hydroxyl groups excluding tert-OH is 2. The van der Waals surface area contributed by atoms with Gasteiger partial charge in [-0.15, -0.1) is 0 Å². The number of nitrogens with one attached hydrogen (secondary N) is 1. The minimum Gasteiger partial charge on any atom is -0.390 e. The minimum atomic E-state index is -1.89.